The Kier molecular flexibility index (Phi) is 8.64. The highest BCUT2D eigenvalue weighted by atomic mass is 35.5. The predicted molar refractivity (Wildman–Crippen MR) is 123 cm³/mol. The van der Waals surface area contributed by atoms with Crippen LogP contribution in [0.25, 0.3) is 11.2 Å². The van der Waals surface area contributed by atoms with E-state index in [1.54, 1.807) is 16.3 Å². The third kappa shape index (κ3) is 6.28. The summed E-state index contributed by atoms with van der Waals surface area (Å²) in [4.78, 5) is 33.8. The Hall–Kier alpha value is -2.01. The van der Waals surface area contributed by atoms with Gasteiger partial charge in [-0.05, 0) is 31.9 Å². The summed E-state index contributed by atoms with van der Waals surface area (Å²) in [5, 5.41) is 0. The molecule has 0 saturated heterocycles. The summed E-state index contributed by atoms with van der Waals surface area (Å²) in [5.74, 6) is 1.99. The number of alkyl halides is 1. The van der Waals surface area contributed by atoms with Crippen LogP contribution in [-0.4, -0.2) is 61.5 Å². The molecule has 13 heteroatoms. The van der Waals surface area contributed by atoms with Crippen molar-refractivity contribution in [2.45, 2.75) is 32.9 Å². The minimum atomic E-state index is -3.03. The Bertz CT molecular complexity index is 1070. The molecule has 3 heterocycles. The first kappa shape index (κ1) is 24.6. The normalized spacial score (nSPS) is 13.8. The molecule has 0 aliphatic carbocycles. The van der Waals surface area contributed by atoms with Crippen molar-refractivity contribution in [1.82, 2.24) is 24.2 Å². The second-order valence-corrected chi connectivity index (χ2v) is 10.2. The first-order valence-corrected chi connectivity index (χ1v) is 12.5. The van der Waals surface area contributed by atoms with E-state index in [9.17, 15) is 9.69 Å². The van der Waals surface area contributed by atoms with Crippen LogP contribution in [0.3, 0.4) is 0 Å². The number of nitrogen functional groups attached to an aromatic ring is 1. The van der Waals surface area contributed by atoms with Crippen LogP contribution in [-0.2, 0) is 22.4 Å². The molecule has 32 heavy (non-hydrogen) atoms. The standard InChI is InChI=1S/C19H28ClN6O5P/c1-14-5-6-15(31-14)11-30-32(28,25(2)8-4-3-7-20)13-29-10-9-26-12-22-16-17(26)23-19(21)24-18(16)27/h5-6,12,28H,3-4,7-11,13H2,1-2H3,(H2-,21,23,24,27)/p+1. The lowest BCUT2D eigenvalue weighted by Crippen LogP contribution is -2.26. The highest BCUT2D eigenvalue weighted by molar-refractivity contribution is 7.62. The zero-order valence-electron chi connectivity index (χ0n) is 18.2. The van der Waals surface area contributed by atoms with Crippen molar-refractivity contribution in [3.63, 3.8) is 0 Å². The van der Waals surface area contributed by atoms with Crippen molar-refractivity contribution in [2.24, 2.45) is 0 Å². The molecule has 0 aliphatic heterocycles. The molecule has 11 nitrogen and oxygen atoms in total. The van der Waals surface area contributed by atoms with Gasteiger partial charge in [0, 0.05) is 26.0 Å². The van der Waals surface area contributed by atoms with E-state index in [1.165, 1.54) is 6.33 Å². The van der Waals surface area contributed by atoms with Gasteiger partial charge in [0.2, 0.25) is 12.3 Å². The Morgan fingerprint density at radius 1 is 1.41 bits per heavy atom. The van der Waals surface area contributed by atoms with Gasteiger partial charge in [-0.15, -0.1) is 16.3 Å². The molecule has 0 aliphatic rings. The number of nitrogens with one attached hydrogen (secondary N) is 1. The number of halogens is 1. The minimum Gasteiger partial charge on any atom is -0.464 e. The summed E-state index contributed by atoms with van der Waals surface area (Å²) >= 11 is 5.77. The fourth-order valence-electron chi connectivity index (χ4n) is 3.04. The fraction of sp³-hybridized carbons (Fsp3) is 0.526. The van der Waals surface area contributed by atoms with Gasteiger partial charge in [-0.1, -0.05) is 0 Å². The van der Waals surface area contributed by atoms with Crippen LogP contribution >= 0.6 is 19.5 Å². The van der Waals surface area contributed by atoms with Crippen molar-refractivity contribution in [2.75, 3.05) is 38.2 Å². The minimum absolute atomic E-state index is 0.00679. The number of aromatic nitrogens is 4. The molecular formula is C19H29ClN6O5P+. The molecule has 0 aromatic carbocycles. The van der Waals surface area contributed by atoms with Gasteiger partial charge >= 0.3 is 7.87 Å². The second-order valence-electron chi connectivity index (χ2n) is 7.33. The molecule has 1 atom stereocenters. The van der Waals surface area contributed by atoms with Crippen LogP contribution in [0.4, 0.5) is 5.95 Å². The summed E-state index contributed by atoms with van der Waals surface area (Å²) < 4.78 is 20.7. The predicted octanol–water partition coefficient (Wildman–Crippen LogP) is 2.50. The first-order valence-electron chi connectivity index (χ1n) is 10.2. The van der Waals surface area contributed by atoms with Gasteiger partial charge in [0.05, 0.1) is 12.9 Å². The summed E-state index contributed by atoms with van der Waals surface area (Å²) in [6.07, 6.45) is 3.18. The van der Waals surface area contributed by atoms with Crippen LogP contribution in [0, 0.1) is 6.92 Å². The molecular weight excluding hydrogens is 459 g/mol. The number of furan rings is 1. The number of unbranched alkanes of at least 4 members (excludes halogenated alkanes) is 1. The molecule has 0 saturated carbocycles. The number of nitrogens with two attached hydrogens (primary N) is 1. The number of fused-ring (bicyclic) bond motifs is 1. The van der Waals surface area contributed by atoms with Gasteiger partial charge in [-0.2, -0.15) is 14.4 Å². The molecule has 3 aromatic heterocycles. The number of ether oxygens (including phenoxy) is 1. The number of imidazole rings is 1. The van der Waals surface area contributed by atoms with Gasteiger partial charge in [0.1, 0.15) is 11.5 Å². The van der Waals surface area contributed by atoms with Crippen LogP contribution in [0.15, 0.2) is 27.7 Å². The van der Waals surface area contributed by atoms with Gasteiger partial charge in [-0.25, -0.2) is 4.98 Å². The number of hydrogen-bond acceptors (Lipinski definition) is 9. The van der Waals surface area contributed by atoms with E-state index in [2.05, 4.69) is 15.0 Å². The molecule has 0 radical (unpaired) electrons. The van der Waals surface area contributed by atoms with Gasteiger partial charge in [0.25, 0.3) is 5.56 Å². The van der Waals surface area contributed by atoms with E-state index in [0.29, 0.717) is 30.4 Å². The maximum absolute atomic E-state index is 11.9. The van der Waals surface area contributed by atoms with Crippen molar-refractivity contribution in [3.8, 4) is 0 Å². The van der Waals surface area contributed by atoms with Crippen LogP contribution < -0.4 is 11.3 Å². The summed E-state index contributed by atoms with van der Waals surface area (Å²) in [7, 11) is -1.23. The van der Waals surface area contributed by atoms with Crippen LogP contribution in [0.5, 0.6) is 0 Å². The third-order valence-electron chi connectivity index (χ3n) is 4.84. The molecule has 3 aromatic rings. The first-order chi connectivity index (χ1) is 15.3. The van der Waals surface area contributed by atoms with E-state index in [-0.39, 0.29) is 31.0 Å². The van der Waals surface area contributed by atoms with Crippen molar-refractivity contribution in [1.29, 1.82) is 0 Å². The molecule has 1 unspecified atom stereocenters. The molecule has 176 valence electrons. The summed E-state index contributed by atoms with van der Waals surface area (Å²) in [6.45, 7) is 3.23. The molecule has 0 amide bonds. The molecule has 0 fully saturated rings. The van der Waals surface area contributed by atoms with Crippen LogP contribution in [0.1, 0.15) is 24.4 Å². The average Bonchev–Trinajstić information content (AvgIpc) is 3.36. The zero-order chi connectivity index (χ0) is 23.1. The number of anilines is 1. The van der Waals surface area contributed by atoms with Crippen molar-refractivity contribution >= 4 is 36.6 Å². The SMILES string of the molecule is Cc1ccc(CO[P+](O)(COCCn2cnc3c(=O)[nH]c(N)nc32)N(C)CCCCCl)o1. The zero-order valence-corrected chi connectivity index (χ0v) is 19.8. The van der Waals surface area contributed by atoms with E-state index >= 15 is 0 Å². The largest absolute Gasteiger partial charge is 0.464 e. The van der Waals surface area contributed by atoms with E-state index in [4.69, 9.17) is 31.0 Å². The highest BCUT2D eigenvalue weighted by Gasteiger charge is 2.44. The Morgan fingerprint density at radius 3 is 2.94 bits per heavy atom. The monoisotopic (exact) mass is 487 g/mol. The number of rotatable bonds is 13. The van der Waals surface area contributed by atoms with Gasteiger partial charge in [0.15, 0.2) is 17.8 Å². The number of nitrogens with zero attached hydrogens (tertiary/aromatic N) is 4. The van der Waals surface area contributed by atoms with E-state index in [0.717, 1.165) is 18.6 Å². The summed E-state index contributed by atoms with van der Waals surface area (Å²) in [6, 6.07) is 3.66. The van der Waals surface area contributed by atoms with E-state index < -0.39 is 13.4 Å². The third-order valence-corrected chi connectivity index (χ3v) is 7.43. The highest BCUT2D eigenvalue weighted by Crippen LogP contribution is 2.58. The maximum atomic E-state index is 11.9. The van der Waals surface area contributed by atoms with Crippen molar-refractivity contribution in [3.05, 3.63) is 40.3 Å². The molecule has 3 rings (SSSR count). The number of aryl methyl sites for hydroxylation is 1. The smallest absolute Gasteiger partial charge is 0.373 e. The quantitative estimate of drug-likeness (QED) is 0.188. The van der Waals surface area contributed by atoms with E-state index in [1.807, 2.05) is 19.1 Å². The maximum Gasteiger partial charge on any atom is 0.373 e. The Morgan fingerprint density at radius 2 is 2.22 bits per heavy atom. The lowest BCUT2D eigenvalue weighted by Gasteiger charge is -2.26. The Labute approximate surface area is 191 Å². The van der Waals surface area contributed by atoms with Gasteiger partial charge in [-0.3, -0.25) is 9.78 Å². The topological polar surface area (TPSA) is 145 Å². The lowest BCUT2D eigenvalue weighted by molar-refractivity contribution is 0.126. The number of aromatic amines is 1. The summed E-state index contributed by atoms with van der Waals surface area (Å²) in [5.41, 5.74) is 5.81. The Balaban J connectivity index is 1.60. The molecule has 0 spiro atoms. The second kappa shape index (κ2) is 11.2. The fourth-order valence-corrected chi connectivity index (χ4v) is 4.85. The lowest BCUT2D eigenvalue weighted by atomic mass is 10.3. The average molecular weight is 488 g/mol. The van der Waals surface area contributed by atoms with Crippen molar-refractivity contribution < 1.29 is 18.6 Å². The van der Waals surface area contributed by atoms with Gasteiger partial charge < -0.3 is 19.5 Å². The number of H-pyrrole nitrogens is 1. The molecule has 4 N–H and O–H groups in total. The number of hydrogen-bond donors (Lipinski definition) is 3. The molecule has 0 bridgehead atoms. The van der Waals surface area contributed by atoms with Crippen LogP contribution in [0.2, 0.25) is 0 Å².